The number of nitrogens with one attached hydrogen (secondary N) is 1. The maximum Gasteiger partial charge on any atom is 0.240 e. The Kier molecular flexibility index (Phi) is 4.75. The van der Waals surface area contributed by atoms with Crippen molar-refractivity contribution in [3.8, 4) is 6.07 Å². The average molecular weight is 224 g/mol. The summed E-state index contributed by atoms with van der Waals surface area (Å²) in [5.41, 5.74) is -0.791. The maximum atomic E-state index is 12.0. The molecular weight excluding hydrogens is 204 g/mol. The second-order valence-electron chi connectivity index (χ2n) is 4.58. The molecule has 1 unspecified atom stereocenters. The molecule has 1 N–H and O–H groups in total. The van der Waals surface area contributed by atoms with Crippen LogP contribution in [0.4, 0.5) is 0 Å². The lowest BCUT2D eigenvalue weighted by Gasteiger charge is -2.30. The molecule has 0 spiro atoms. The molecule has 1 rings (SSSR count). The summed E-state index contributed by atoms with van der Waals surface area (Å²) in [6.07, 6.45) is 4.45. The van der Waals surface area contributed by atoms with E-state index in [1.54, 1.807) is 7.11 Å². The van der Waals surface area contributed by atoms with E-state index >= 15 is 0 Å². The summed E-state index contributed by atoms with van der Waals surface area (Å²) in [6, 6.07) is 2.17. The first-order valence-electron chi connectivity index (χ1n) is 5.86. The highest BCUT2D eigenvalue weighted by Crippen LogP contribution is 2.35. The summed E-state index contributed by atoms with van der Waals surface area (Å²) in [5.74, 6) is -0.126. The van der Waals surface area contributed by atoms with Crippen LogP contribution in [0.3, 0.4) is 0 Å². The van der Waals surface area contributed by atoms with Gasteiger partial charge in [0.1, 0.15) is 5.41 Å². The number of methoxy groups -OCH3 is 1. The van der Waals surface area contributed by atoms with Crippen LogP contribution in [0.5, 0.6) is 0 Å². The number of carbonyl (C=O) groups is 1. The van der Waals surface area contributed by atoms with Crippen molar-refractivity contribution in [2.24, 2.45) is 5.41 Å². The second-order valence-corrected chi connectivity index (χ2v) is 4.58. The molecule has 4 nitrogen and oxygen atoms in total. The molecule has 0 aliphatic heterocycles. The first-order valence-corrected chi connectivity index (χ1v) is 5.86. The topological polar surface area (TPSA) is 62.1 Å². The molecule has 1 aliphatic rings. The molecule has 4 heteroatoms. The van der Waals surface area contributed by atoms with Gasteiger partial charge >= 0.3 is 0 Å². The standard InChI is InChI=1S/C12H20N2O2/c1-10(8-16-2)14-11(15)12(9-13)6-4-3-5-7-12/h10H,3-8H2,1-2H3,(H,14,15). The fourth-order valence-electron chi connectivity index (χ4n) is 2.20. The van der Waals surface area contributed by atoms with Crippen molar-refractivity contribution in [3.05, 3.63) is 0 Å². The number of ether oxygens (including phenoxy) is 1. The summed E-state index contributed by atoms with van der Waals surface area (Å²) in [6.45, 7) is 2.36. The third-order valence-corrected chi connectivity index (χ3v) is 3.15. The van der Waals surface area contributed by atoms with E-state index in [9.17, 15) is 10.1 Å². The van der Waals surface area contributed by atoms with Crippen LogP contribution in [0, 0.1) is 16.7 Å². The van der Waals surface area contributed by atoms with Gasteiger partial charge in [0.2, 0.25) is 5.91 Å². The Morgan fingerprint density at radius 3 is 2.62 bits per heavy atom. The van der Waals surface area contributed by atoms with Crippen LogP contribution < -0.4 is 5.32 Å². The van der Waals surface area contributed by atoms with Crippen molar-refractivity contribution in [1.82, 2.24) is 5.32 Å². The number of amides is 1. The lowest BCUT2D eigenvalue weighted by molar-refractivity contribution is -0.130. The van der Waals surface area contributed by atoms with Gasteiger partial charge in [0.05, 0.1) is 12.7 Å². The lowest BCUT2D eigenvalue weighted by atomic mass is 9.74. The van der Waals surface area contributed by atoms with Crippen LogP contribution in [0.15, 0.2) is 0 Å². The summed E-state index contributed by atoms with van der Waals surface area (Å²) in [4.78, 5) is 12.0. The Balaban J connectivity index is 2.59. The van der Waals surface area contributed by atoms with Crippen LogP contribution in [0.1, 0.15) is 39.0 Å². The number of hydrogen-bond donors (Lipinski definition) is 1. The molecule has 1 amide bonds. The maximum absolute atomic E-state index is 12.0. The molecule has 1 aliphatic carbocycles. The third-order valence-electron chi connectivity index (χ3n) is 3.15. The smallest absolute Gasteiger partial charge is 0.240 e. The van der Waals surface area contributed by atoms with Gasteiger partial charge in [0, 0.05) is 13.2 Å². The fraction of sp³-hybridized carbons (Fsp3) is 0.833. The number of carbonyl (C=O) groups excluding carboxylic acids is 1. The molecule has 1 fully saturated rings. The van der Waals surface area contributed by atoms with Crippen molar-refractivity contribution in [2.45, 2.75) is 45.1 Å². The fourth-order valence-corrected chi connectivity index (χ4v) is 2.20. The van der Waals surface area contributed by atoms with Crippen molar-refractivity contribution < 1.29 is 9.53 Å². The first kappa shape index (κ1) is 13.0. The Morgan fingerprint density at radius 2 is 2.12 bits per heavy atom. The molecule has 0 aromatic rings. The van der Waals surface area contributed by atoms with E-state index in [4.69, 9.17) is 4.74 Å². The minimum Gasteiger partial charge on any atom is -0.383 e. The van der Waals surface area contributed by atoms with Crippen molar-refractivity contribution in [2.75, 3.05) is 13.7 Å². The van der Waals surface area contributed by atoms with Gasteiger partial charge in [-0.05, 0) is 19.8 Å². The van der Waals surface area contributed by atoms with E-state index in [-0.39, 0.29) is 11.9 Å². The van der Waals surface area contributed by atoms with E-state index in [0.29, 0.717) is 19.4 Å². The zero-order valence-electron chi connectivity index (χ0n) is 10.1. The summed E-state index contributed by atoms with van der Waals surface area (Å²) in [5, 5.41) is 12.1. The van der Waals surface area contributed by atoms with Gasteiger partial charge < -0.3 is 10.1 Å². The van der Waals surface area contributed by atoms with Crippen molar-refractivity contribution in [3.63, 3.8) is 0 Å². The van der Waals surface area contributed by atoms with Gasteiger partial charge in [-0.3, -0.25) is 4.79 Å². The van der Waals surface area contributed by atoms with Gasteiger partial charge in [-0.25, -0.2) is 0 Å². The first-order chi connectivity index (χ1) is 7.64. The van der Waals surface area contributed by atoms with E-state index < -0.39 is 5.41 Å². The van der Waals surface area contributed by atoms with Crippen molar-refractivity contribution >= 4 is 5.91 Å². The van der Waals surface area contributed by atoms with E-state index in [1.165, 1.54) is 0 Å². The molecule has 0 aromatic heterocycles. The minimum absolute atomic E-state index is 0.0374. The van der Waals surface area contributed by atoms with Crippen molar-refractivity contribution in [1.29, 1.82) is 5.26 Å². The Bertz CT molecular complexity index is 277. The normalized spacial score (nSPS) is 20.8. The van der Waals surface area contributed by atoms with E-state index in [2.05, 4.69) is 11.4 Å². The molecule has 0 saturated heterocycles. The Labute approximate surface area is 97.0 Å². The predicted molar refractivity (Wildman–Crippen MR) is 60.6 cm³/mol. The third kappa shape index (κ3) is 2.96. The molecule has 0 radical (unpaired) electrons. The van der Waals surface area contributed by atoms with Crippen LogP contribution in [0.25, 0.3) is 0 Å². The summed E-state index contributed by atoms with van der Waals surface area (Å²) < 4.78 is 4.96. The number of nitriles is 1. The zero-order chi connectivity index (χ0) is 12.0. The lowest BCUT2D eigenvalue weighted by Crippen LogP contribution is -2.46. The molecule has 0 aromatic carbocycles. The molecule has 16 heavy (non-hydrogen) atoms. The molecule has 1 atom stereocenters. The molecule has 0 heterocycles. The van der Waals surface area contributed by atoms with E-state index in [0.717, 1.165) is 19.3 Å². The van der Waals surface area contributed by atoms with Crippen LogP contribution in [-0.4, -0.2) is 25.7 Å². The van der Waals surface area contributed by atoms with Gasteiger partial charge in [-0.15, -0.1) is 0 Å². The highest BCUT2D eigenvalue weighted by Gasteiger charge is 2.40. The Hall–Kier alpha value is -1.08. The van der Waals surface area contributed by atoms with Gasteiger partial charge in [-0.2, -0.15) is 5.26 Å². The van der Waals surface area contributed by atoms with Gasteiger partial charge in [-0.1, -0.05) is 19.3 Å². The molecule has 1 saturated carbocycles. The average Bonchev–Trinajstić information content (AvgIpc) is 2.30. The minimum atomic E-state index is -0.791. The quantitative estimate of drug-likeness (QED) is 0.789. The van der Waals surface area contributed by atoms with Crippen LogP contribution in [0.2, 0.25) is 0 Å². The number of nitrogens with zero attached hydrogens (tertiary/aromatic N) is 1. The van der Waals surface area contributed by atoms with Gasteiger partial charge in [0.25, 0.3) is 0 Å². The second kappa shape index (κ2) is 5.86. The highest BCUT2D eigenvalue weighted by molar-refractivity contribution is 5.85. The predicted octanol–water partition coefficient (Wildman–Crippen LogP) is 1.61. The monoisotopic (exact) mass is 224 g/mol. The number of rotatable bonds is 4. The van der Waals surface area contributed by atoms with Crippen LogP contribution >= 0.6 is 0 Å². The SMILES string of the molecule is COCC(C)NC(=O)C1(C#N)CCCCC1. The Morgan fingerprint density at radius 1 is 1.50 bits per heavy atom. The molecule has 90 valence electrons. The van der Waals surface area contributed by atoms with Gasteiger partial charge in [0.15, 0.2) is 0 Å². The molecular formula is C12H20N2O2. The highest BCUT2D eigenvalue weighted by atomic mass is 16.5. The summed E-state index contributed by atoms with van der Waals surface area (Å²) in [7, 11) is 1.60. The largest absolute Gasteiger partial charge is 0.383 e. The van der Waals surface area contributed by atoms with E-state index in [1.807, 2.05) is 6.92 Å². The number of hydrogen-bond acceptors (Lipinski definition) is 3. The zero-order valence-corrected chi connectivity index (χ0v) is 10.1. The van der Waals surface area contributed by atoms with Crippen LogP contribution in [-0.2, 0) is 9.53 Å². The molecule has 0 bridgehead atoms. The summed E-state index contributed by atoms with van der Waals surface area (Å²) >= 11 is 0.